The van der Waals surface area contributed by atoms with Gasteiger partial charge in [-0.05, 0) is 35.7 Å². The smallest absolute Gasteiger partial charge is 0.0780 e. The van der Waals surface area contributed by atoms with E-state index in [9.17, 15) is 0 Å². The summed E-state index contributed by atoms with van der Waals surface area (Å²) in [5, 5.41) is 1.14. The molecule has 1 aromatic heterocycles. The molecule has 0 aliphatic heterocycles. The number of nitrogens with zero attached hydrogens (tertiary/aromatic N) is 1. The Hall–Kier alpha value is -2.45. The number of nitrogens with two attached hydrogens (primary N) is 1. The molecule has 2 nitrogen and oxygen atoms in total. The first-order chi connectivity index (χ1) is 10.2. The molecule has 0 fully saturated rings. The van der Waals surface area contributed by atoms with Crippen molar-refractivity contribution in [2.24, 2.45) is 5.73 Å². The van der Waals surface area contributed by atoms with Crippen LogP contribution in [0.25, 0.3) is 28.1 Å². The van der Waals surface area contributed by atoms with Crippen molar-refractivity contribution < 1.29 is 0 Å². The van der Waals surface area contributed by atoms with E-state index in [2.05, 4.69) is 54.0 Å². The molecule has 1 heterocycles. The quantitative estimate of drug-likeness (QED) is 0.760. The zero-order valence-corrected chi connectivity index (χ0v) is 12.1. The SMILES string of the molecule is C=Cc1ccc(-c2cccc3cccnc23)c(C(C)N)c1. The van der Waals surface area contributed by atoms with Gasteiger partial charge in [-0.1, -0.05) is 49.1 Å². The van der Waals surface area contributed by atoms with Crippen molar-refractivity contribution in [3.05, 3.63) is 72.4 Å². The molecule has 3 rings (SSSR count). The second kappa shape index (κ2) is 5.51. The minimum Gasteiger partial charge on any atom is -0.324 e. The normalized spacial score (nSPS) is 12.3. The van der Waals surface area contributed by atoms with Gasteiger partial charge in [0.1, 0.15) is 0 Å². The van der Waals surface area contributed by atoms with Gasteiger partial charge in [0.05, 0.1) is 5.52 Å². The zero-order chi connectivity index (χ0) is 14.8. The van der Waals surface area contributed by atoms with Gasteiger partial charge in [-0.15, -0.1) is 0 Å². The van der Waals surface area contributed by atoms with Gasteiger partial charge >= 0.3 is 0 Å². The number of rotatable bonds is 3. The van der Waals surface area contributed by atoms with Crippen LogP contribution in [-0.2, 0) is 0 Å². The number of pyridine rings is 1. The highest BCUT2D eigenvalue weighted by Gasteiger charge is 2.12. The Kier molecular flexibility index (Phi) is 3.55. The van der Waals surface area contributed by atoms with Crippen molar-refractivity contribution in [1.82, 2.24) is 4.98 Å². The van der Waals surface area contributed by atoms with Crippen LogP contribution in [0, 0.1) is 0 Å². The van der Waals surface area contributed by atoms with Gasteiger partial charge in [0.15, 0.2) is 0 Å². The maximum absolute atomic E-state index is 6.16. The summed E-state index contributed by atoms with van der Waals surface area (Å²) in [6, 6.07) is 16.5. The molecule has 0 aliphatic carbocycles. The van der Waals surface area contributed by atoms with Gasteiger partial charge in [0.2, 0.25) is 0 Å². The predicted octanol–water partition coefficient (Wildman–Crippen LogP) is 4.56. The summed E-state index contributed by atoms with van der Waals surface area (Å²) < 4.78 is 0. The Morgan fingerprint density at radius 2 is 1.90 bits per heavy atom. The van der Waals surface area contributed by atoms with Gasteiger partial charge in [-0.3, -0.25) is 4.98 Å². The van der Waals surface area contributed by atoms with E-state index in [4.69, 9.17) is 5.73 Å². The average Bonchev–Trinajstić information content (AvgIpc) is 2.53. The van der Waals surface area contributed by atoms with Crippen LogP contribution < -0.4 is 5.73 Å². The molecule has 0 radical (unpaired) electrons. The Labute approximate surface area is 124 Å². The maximum Gasteiger partial charge on any atom is 0.0780 e. The highest BCUT2D eigenvalue weighted by molar-refractivity contribution is 5.94. The minimum atomic E-state index is -0.0427. The van der Waals surface area contributed by atoms with Crippen molar-refractivity contribution in [1.29, 1.82) is 0 Å². The summed E-state index contributed by atoms with van der Waals surface area (Å²) in [6.07, 6.45) is 3.67. The summed E-state index contributed by atoms with van der Waals surface area (Å²) in [5.41, 5.74) is 11.6. The molecule has 0 bridgehead atoms. The van der Waals surface area contributed by atoms with E-state index >= 15 is 0 Å². The Balaban J connectivity index is 2.30. The Morgan fingerprint density at radius 1 is 1.10 bits per heavy atom. The lowest BCUT2D eigenvalue weighted by Gasteiger charge is -2.15. The number of fused-ring (bicyclic) bond motifs is 1. The van der Waals surface area contributed by atoms with E-state index in [0.29, 0.717) is 0 Å². The zero-order valence-electron chi connectivity index (χ0n) is 12.1. The fourth-order valence-corrected chi connectivity index (χ4v) is 2.65. The van der Waals surface area contributed by atoms with Crippen LogP contribution >= 0.6 is 0 Å². The molecule has 0 spiro atoms. The van der Waals surface area contributed by atoms with Crippen LogP contribution in [0.5, 0.6) is 0 Å². The van der Waals surface area contributed by atoms with Gasteiger partial charge in [-0.25, -0.2) is 0 Å². The van der Waals surface area contributed by atoms with E-state index < -0.39 is 0 Å². The van der Waals surface area contributed by atoms with Crippen molar-refractivity contribution in [3.63, 3.8) is 0 Å². The standard InChI is InChI=1S/C19H18N2/c1-3-14-9-10-16(18(12-14)13(2)20)17-8-4-6-15-7-5-11-21-19(15)17/h3-13H,1,20H2,2H3. The molecular weight excluding hydrogens is 256 g/mol. The summed E-state index contributed by atoms with van der Waals surface area (Å²) in [4.78, 5) is 4.54. The monoisotopic (exact) mass is 274 g/mol. The summed E-state index contributed by atoms with van der Waals surface area (Å²) in [7, 11) is 0. The Morgan fingerprint density at radius 3 is 2.67 bits per heavy atom. The molecule has 0 saturated carbocycles. The van der Waals surface area contributed by atoms with Crippen LogP contribution in [0.3, 0.4) is 0 Å². The third-order valence-corrected chi connectivity index (χ3v) is 3.72. The molecule has 0 aliphatic rings. The molecule has 2 heteroatoms. The number of para-hydroxylation sites is 1. The predicted molar refractivity (Wildman–Crippen MR) is 89.9 cm³/mol. The number of hydrogen-bond acceptors (Lipinski definition) is 2. The lowest BCUT2D eigenvalue weighted by molar-refractivity contribution is 0.820. The van der Waals surface area contributed by atoms with E-state index in [1.54, 1.807) is 0 Å². The first kappa shape index (κ1) is 13.5. The molecule has 1 unspecified atom stereocenters. The van der Waals surface area contributed by atoms with Crippen molar-refractivity contribution >= 4 is 17.0 Å². The van der Waals surface area contributed by atoms with Gasteiger partial charge in [0, 0.05) is 23.2 Å². The second-order valence-electron chi connectivity index (χ2n) is 5.22. The molecule has 1 atom stereocenters. The van der Waals surface area contributed by atoms with Crippen molar-refractivity contribution in [2.75, 3.05) is 0 Å². The Bertz CT molecular complexity index is 798. The molecule has 104 valence electrons. The van der Waals surface area contributed by atoms with Gasteiger partial charge in [0.25, 0.3) is 0 Å². The van der Waals surface area contributed by atoms with Crippen LogP contribution in [0.2, 0.25) is 0 Å². The van der Waals surface area contributed by atoms with Crippen LogP contribution in [0.15, 0.2) is 61.3 Å². The first-order valence-electron chi connectivity index (χ1n) is 7.07. The first-order valence-corrected chi connectivity index (χ1v) is 7.07. The highest BCUT2D eigenvalue weighted by Crippen LogP contribution is 2.32. The lowest BCUT2D eigenvalue weighted by atomic mass is 9.92. The van der Waals surface area contributed by atoms with Gasteiger partial charge in [-0.2, -0.15) is 0 Å². The van der Waals surface area contributed by atoms with E-state index in [1.165, 1.54) is 0 Å². The van der Waals surface area contributed by atoms with E-state index in [1.807, 2.05) is 25.3 Å². The topological polar surface area (TPSA) is 38.9 Å². The fourth-order valence-electron chi connectivity index (χ4n) is 2.65. The van der Waals surface area contributed by atoms with Crippen LogP contribution in [0.4, 0.5) is 0 Å². The lowest BCUT2D eigenvalue weighted by Crippen LogP contribution is -2.07. The molecule has 3 aromatic rings. The van der Waals surface area contributed by atoms with E-state index in [0.717, 1.165) is 33.2 Å². The molecule has 21 heavy (non-hydrogen) atoms. The third kappa shape index (κ3) is 2.46. The summed E-state index contributed by atoms with van der Waals surface area (Å²) in [5.74, 6) is 0. The van der Waals surface area contributed by atoms with Gasteiger partial charge < -0.3 is 5.73 Å². The third-order valence-electron chi connectivity index (χ3n) is 3.72. The summed E-state index contributed by atoms with van der Waals surface area (Å²) in [6.45, 7) is 5.83. The number of hydrogen-bond donors (Lipinski definition) is 1. The maximum atomic E-state index is 6.16. The van der Waals surface area contributed by atoms with Crippen molar-refractivity contribution in [2.45, 2.75) is 13.0 Å². The van der Waals surface area contributed by atoms with Crippen molar-refractivity contribution in [3.8, 4) is 11.1 Å². The highest BCUT2D eigenvalue weighted by atomic mass is 14.7. The average molecular weight is 274 g/mol. The van der Waals surface area contributed by atoms with Crippen LogP contribution in [-0.4, -0.2) is 4.98 Å². The minimum absolute atomic E-state index is 0.0427. The largest absolute Gasteiger partial charge is 0.324 e. The van der Waals surface area contributed by atoms with E-state index in [-0.39, 0.29) is 6.04 Å². The molecule has 0 amide bonds. The van der Waals surface area contributed by atoms with Crippen LogP contribution in [0.1, 0.15) is 24.1 Å². The molecule has 2 N–H and O–H groups in total. The number of benzene rings is 2. The molecule has 2 aromatic carbocycles. The number of aromatic nitrogens is 1. The fraction of sp³-hybridized carbons (Fsp3) is 0.105. The summed E-state index contributed by atoms with van der Waals surface area (Å²) >= 11 is 0. The molecular formula is C19H18N2. The molecule has 0 saturated heterocycles. The second-order valence-corrected chi connectivity index (χ2v) is 5.22.